The zero-order valence-electron chi connectivity index (χ0n) is 17.1. The third-order valence-electron chi connectivity index (χ3n) is 5.45. The molecule has 0 radical (unpaired) electrons. The molecular weight excluding hydrogens is 414 g/mol. The van der Waals surface area contributed by atoms with Gasteiger partial charge in [-0.25, -0.2) is 0 Å². The van der Waals surface area contributed by atoms with Gasteiger partial charge in [0.2, 0.25) is 0 Å². The molecule has 0 saturated heterocycles. The van der Waals surface area contributed by atoms with E-state index in [0.29, 0.717) is 0 Å². The zero-order chi connectivity index (χ0) is 21.1. The van der Waals surface area contributed by atoms with Crippen LogP contribution in [0.5, 0.6) is 5.75 Å². The van der Waals surface area contributed by atoms with Gasteiger partial charge in [-0.3, -0.25) is 9.79 Å². The number of carbonyl (C=O) groups is 1. The second kappa shape index (κ2) is 9.23. The highest BCUT2D eigenvalue weighted by atomic mass is 35.5. The molecular formula is C25H24ClNO2S. The Morgan fingerprint density at radius 3 is 2.50 bits per heavy atom. The second-order valence-electron chi connectivity index (χ2n) is 7.51. The topological polar surface area (TPSA) is 38.7 Å². The van der Waals surface area contributed by atoms with Gasteiger partial charge in [-0.15, -0.1) is 11.8 Å². The van der Waals surface area contributed by atoms with Gasteiger partial charge in [-0.05, 0) is 55.5 Å². The second-order valence-corrected chi connectivity index (χ2v) is 9.09. The van der Waals surface area contributed by atoms with Crippen molar-refractivity contribution in [3.63, 3.8) is 0 Å². The highest BCUT2D eigenvalue weighted by Gasteiger charge is 2.41. The van der Waals surface area contributed by atoms with E-state index in [1.807, 2.05) is 36.4 Å². The number of rotatable bonds is 8. The first kappa shape index (κ1) is 21.0. The average Bonchev–Trinajstić information content (AvgIpc) is 3.54. The molecule has 1 aliphatic carbocycles. The van der Waals surface area contributed by atoms with Crippen LogP contribution in [0.4, 0.5) is 0 Å². The van der Waals surface area contributed by atoms with E-state index in [-0.39, 0.29) is 17.7 Å². The van der Waals surface area contributed by atoms with Gasteiger partial charge in [-0.1, -0.05) is 41.9 Å². The summed E-state index contributed by atoms with van der Waals surface area (Å²) in [5, 5.41) is 2.89. The highest BCUT2D eigenvalue weighted by molar-refractivity contribution is 7.99. The molecule has 0 aromatic heterocycles. The van der Waals surface area contributed by atoms with Crippen LogP contribution in [-0.4, -0.2) is 30.4 Å². The first-order valence-electron chi connectivity index (χ1n) is 10.1. The van der Waals surface area contributed by atoms with Gasteiger partial charge in [-0.2, -0.15) is 0 Å². The van der Waals surface area contributed by atoms with E-state index in [1.54, 1.807) is 25.8 Å². The lowest BCUT2D eigenvalue weighted by molar-refractivity contribution is -0.118. The number of thioether (sulfide) groups is 1. The number of hydrogen-bond acceptors (Lipinski definition) is 4. The Morgan fingerprint density at radius 2 is 1.83 bits per heavy atom. The number of ketones is 1. The van der Waals surface area contributed by atoms with Crippen molar-refractivity contribution in [3.05, 3.63) is 71.2 Å². The SMILES string of the molecule is COc1ccc(SCCC(=N[C@@H]2C[C@@H]2C(C)=O)c2ccc(Cl)c3ccccc23)cc1. The first-order valence-corrected chi connectivity index (χ1v) is 11.4. The van der Waals surface area contributed by atoms with Crippen LogP contribution >= 0.6 is 23.4 Å². The van der Waals surface area contributed by atoms with Gasteiger partial charge >= 0.3 is 0 Å². The van der Waals surface area contributed by atoms with Crippen molar-refractivity contribution in [3.8, 4) is 5.75 Å². The predicted molar refractivity (Wildman–Crippen MR) is 126 cm³/mol. The Kier molecular flexibility index (Phi) is 6.45. The number of fused-ring (bicyclic) bond motifs is 1. The van der Waals surface area contributed by atoms with E-state index >= 15 is 0 Å². The third kappa shape index (κ3) is 4.71. The summed E-state index contributed by atoms with van der Waals surface area (Å²) in [7, 11) is 1.67. The summed E-state index contributed by atoms with van der Waals surface area (Å²) < 4.78 is 5.23. The number of benzene rings is 3. The van der Waals surface area contributed by atoms with Gasteiger partial charge < -0.3 is 4.74 Å². The number of Topliss-reactive ketones (excluding diaryl/α,β-unsaturated/α-hetero) is 1. The summed E-state index contributed by atoms with van der Waals surface area (Å²) in [5.74, 6) is 2.07. The molecule has 154 valence electrons. The number of halogens is 1. The summed E-state index contributed by atoms with van der Waals surface area (Å²) in [5.41, 5.74) is 2.16. The molecule has 1 saturated carbocycles. The van der Waals surface area contributed by atoms with Gasteiger partial charge in [0.25, 0.3) is 0 Å². The molecule has 5 heteroatoms. The molecule has 0 bridgehead atoms. The minimum atomic E-state index is 0.0767. The lowest BCUT2D eigenvalue weighted by Crippen LogP contribution is -2.07. The standard InChI is InChI=1S/C25H24ClNO2S/c1-16(28)22-15-25(22)27-24(13-14-30-18-9-7-17(29-2)8-10-18)21-11-12-23(26)20-6-4-3-5-19(20)21/h3-12,22,25H,13-15H2,1-2H3/t22-,25-/m1/s1. The van der Waals surface area contributed by atoms with Crippen LogP contribution in [0.3, 0.4) is 0 Å². The van der Waals surface area contributed by atoms with Crippen molar-refractivity contribution in [1.29, 1.82) is 0 Å². The van der Waals surface area contributed by atoms with Crippen LogP contribution in [0.25, 0.3) is 10.8 Å². The molecule has 30 heavy (non-hydrogen) atoms. The van der Waals surface area contributed by atoms with Crippen LogP contribution in [-0.2, 0) is 4.79 Å². The first-order chi connectivity index (χ1) is 14.6. The van der Waals surface area contributed by atoms with Crippen molar-refractivity contribution >= 4 is 45.6 Å². The van der Waals surface area contributed by atoms with Crippen molar-refractivity contribution in [2.24, 2.45) is 10.9 Å². The Balaban J connectivity index is 1.58. The fourth-order valence-corrected chi connectivity index (χ4v) is 4.77. The predicted octanol–water partition coefficient (Wildman–Crippen LogP) is 6.45. The molecule has 0 aliphatic heterocycles. The molecule has 0 heterocycles. The van der Waals surface area contributed by atoms with Crippen LogP contribution < -0.4 is 4.74 Å². The molecule has 0 spiro atoms. The van der Waals surface area contributed by atoms with E-state index in [2.05, 4.69) is 24.3 Å². The normalized spacial score (nSPS) is 18.4. The maximum Gasteiger partial charge on any atom is 0.135 e. The van der Waals surface area contributed by atoms with Crippen molar-refractivity contribution in [1.82, 2.24) is 0 Å². The third-order valence-corrected chi connectivity index (χ3v) is 6.79. The average molecular weight is 438 g/mol. The summed E-state index contributed by atoms with van der Waals surface area (Å²) >= 11 is 8.22. The summed E-state index contributed by atoms with van der Waals surface area (Å²) in [6.45, 7) is 1.66. The van der Waals surface area contributed by atoms with Gasteiger partial charge in [0.15, 0.2) is 0 Å². The number of ether oxygens (including phenoxy) is 1. The molecule has 0 N–H and O–H groups in total. The smallest absolute Gasteiger partial charge is 0.135 e. The van der Waals surface area contributed by atoms with Gasteiger partial charge in [0, 0.05) is 38.3 Å². The fourth-order valence-electron chi connectivity index (χ4n) is 3.68. The van der Waals surface area contributed by atoms with E-state index in [4.69, 9.17) is 21.3 Å². The van der Waals surface area contributed by atoms with Crippen LogP contribution in [0.2, 0.25) is 5.02 Å². The summed E-state index contributed by atoms with van der Waals surface area (Å²) in [6, 6.07) is 20.4. The zero-order valence-corrected chi connectivity index (χ0v) is 18.7. The van der Waals surface area contributed by atoms with E-state index in [9.17, 15) is 4.79 Å². The maximum atomic E-state index is 11.7. The molecule has 3 aromatic rings. The number of hydrogen-bond donors (Lipinski definition) is 0. The molecule has 3 aromatic carbocycles. The van der Waals surface area contributed by atoms with Crippen LogP contribution in [0.15, 0.2) is 70.6 Å². The fraction of sp³-hybridized carbons (Fsp3) is 0.280. The molecule has 1 aliphatic rings. The largest absolute Gasteiger partial charge is 0.497 e. The minimum absolute atomic E-state index is 0.0767. The van der Waals surface area contributed by atoms with Crippen LogP contribution in [0.1, 0.15) is 25.3 Å². The van der Waals surface area contributed by atoms with Gasteiger partial charge in [0.05, 0.1) is 13.2 Å². The Bertz CT molecular complexity index is 1090. The molecule has 4 rings (SSSR count). The van der Waals surface area contributed by atoms with E-state index in [1.165, 1.54) is 4.90 Å². The Hall–Kier alpha value is -2.30. The van der Waals surface area contributed by atoms with Crippen molar-refractivity contribution < 1.29 is 9.53 Å². The maximum absolute atomic E-state index is 11.7. The lowest BCUT2D eigenvalue weighted by atomic mass is 9.99. The highest BCUT2D eigenvalue weighted by Crippen LogP contribution is 2.36. The number of methoxy groups -OCH3 is 1. The molecule has 0 amide bonds. The van der Waals surface area contributed by atoms with Crippen LogP contribution in [0, 0.1) is 5.92 Å². The lowest BCUT2D eigenvalue weighted by Gasteiger charge is -2.12. The van der Waals surface area contributed by atoms with E-state index < -0.39 is 0 Å². The monoisotopic (exact) mass is 437 g/mol. The van der Waals surface area contributed by atoms with Gasteiger partial charge in [0.1, 0.15) is 11.5 Å². The minimum Gasteiger partial charge on any atom is -0.497 e. The molecule has 3 nitrogen and oxygen atoms in total. The van der Waals surface area contributed by atoms with Crippen molar-refractivity contribution in [2.75, 3.05) is 12.9 Å². The molecule has 0 unspecified atom stereocenters. The van der Waals surface area contributed by atoms with E-state index in [0.717, 1.165) is 51.4 Å². The van der Waals surface area contributed by atoms with Crippen molar-refractivity contribution in [2.45, 2.75) is 30.7 Å². The molecule has 2 atom stereocenters. The number of nitrogens with zero attached hydrogens (tertiary/aromatic N) is 1. The Morgan fingerprint density at radius 1 is 1.10 bits per heavy atom. The molecule has 1 fully saturated rings. The quantitative estimate of drug-likeness (QED) is 0.300. The Labute approximate surface area is 186 Å². The number of aliphatic imine (C=N–C) groups is 1. The summed E-state index contributed by atoms with van der Waals surface area (Å²) in [4.78, 5) is 18.0. The number of carbonyl (C=O) groups excluding carboxylic acids is 1. The summed E-state index contributed by atoms with van der Waals surface area (Å²) in [6.07, 6.45) is 1.68.